The van der Waals surface area contributed by atoms with Gasteiger partial charge in [-0.05, 0) is 36.8 Å². The molecule has 1 amide bonds. The second-order valence-electron chi connectivity index (χ2n) is 8.70. The van der Waals surface area contributed by atoms with Crippen LogP contribution in [0.4, 0.5) is 5.69 Å². The van der Waals surface area contributed by atoms with Gasteiger partial charge in [-0.1, -0.05) is 40.5 Å². The van der Waals surface area contributed by atoms with E-state index in [1.807, 2.05) is 4.90 Å². The number of hydrogen-bond donors (Lipinski definition) is 0. The summed E-state index contributed by atoms with van der Waals surface area (Å²) in [7, 11) is 0. The minimum absolute atomic E-state index is 0.0396. The Kier molecular flexibility index (Phi) is 8.17. The van der Waals surface area contributed by atoms with E-state index in [1.165, 1.54) is 24.3 Å². The third-order valence-corrected chi connectivity index (χ3v) is 5.13. The zero-order valence-corrected chi connectivity index (χ0v) is 17.8. The van der Waals surface area contributed by atoms with Crippen LogP contribution in [0.2, 0.25) is 0 Å². The highest BCUT2D eigenvalue weighted by atomic mass is 16.6. The molecule has 0 aromatic heterocycles. The number of carbonyl (C=O) groups excluding carboxylic acids is 2. The van der Waals surface area contributed by atoms with Crippen LogP contribution in [0.1, 0.15) is 53.4 Å². The first-order valence-corrected chi connectivity index (χ1v) is 10.4. The van der Waals surface area contributed by atoms with Gasteiger partial charge in [0.15, 0.2) is 0 Å². The zero-order valence-electron chi connectivity index (χ0n) is 17.8. The number of non-ortho nitro benzene ring substituents is 1. The lowest BCUT2D eigenvalue weighted by Gasteiger charge is -2.35. The molecule has 0 radical (unpaired) electrons. The highest BCUT2D eigenvalue weighted by Gasteiger charge is 2.39. The third-order valence-electron chi connectivity index (χ3n) is 5.13. The van der Waals surface area contributed by atoms with Gasteiger partial charge in [-0.3, -0.25) is 19.7 Å². The predicted octanol–water partition coefficient (Wildman–Crippen LogP) is 4.45. The standard InChI is InChI=1S/C22H32N2O5/c1-15(2)13-23(14-16(3)4)21(25)19-7-5-6-8-20(19)22(26)29-18-11-9-17(10-12-18)24(27)28/h9-12,15-16,19-20H,5-8,13-14H2,1-4H3. The highest BCUT2D eigenvalue weighted by Crippen LogP contribution is 2.33. The van der Waals surface area contributed by atoms with Gasteiger partial charge in [0.1, 0.15) is 5.75 Å². The Bertz CT molecular complexity index is 704. The maximum absolute atomic E-state index is 13.3. The molecular weight excluding hydrogens is 372 g/mol. The van der Waals surface area contributed by atoms with Crippen molar-refractivity contribution in [1.82, 2.24) is 4.90 Å². The van der Waals surface area contributed by atoms with Crippen LogP contribution >= 0.6 is 0 Å². The van der Waals surface area contributed by atoms with Crippen molar-refractivity contribution in [2.45, 2.75) is 53.4 Å². The molecular formula is C22H32N2O5. The largest absolute Gasteiger partial charge is 0.426 e. The van der Waals surface area contributed by atoms with Crippen LogP contribution in [0.3, 0.4) is 0 Å². The Morgan fingerprint density at radius 3 is 2.03 bits per heavy atom. The molecule has 0 aliphatic heterocycles. The number of carbonyl (C=O) groups is 2. The van der Waals surface area contributed by atoms with Crippen molar-refractivity contribution in [2.75, 3.05) is 13.1 Å². The maximum atomic E-state index is 13.3. The molecule has 1 fully saturated rings. The summed E-state index contributed by atoms with van der Waals surface area (Å²) in [6, 6.07) is 5.44. The summed E-state index contributed by atoms with van der Waals surface area (Å²) in [5.41, 5.74) is -0.0615. The van der Waals surface area contributed by atoms with E-state index in [4.69, 9.17) is 4.74 Å². The predicted molar refractivity (Wildman–Crippen MR) is 110 cm³/mol. The topological polar surface area (TPSA) is 89.8 Å². The van der Waals surface area contributed by atoms with Crippen LogP contribution in [-0.4, -0.2) is 34.8 Å². The molecule has 7 nitrogen and oxygen atoms in total. The molecule has 1 aliphatic carbocycles. The van der Waals surface area contributed by atoms with Crippen LogP contribution < -0.4 is 4.74 Å². The molecule has 2 rings (SSSR count). The number of ether oxygens (including phenoxy) is 1. The number of nitrogens with zero attached hydrogens (tertiary/aromatic N) is 2. The van der Waals surface area contributed by atoms with Crippen LogP contribution in [-0.2, 0) is 9.59 Å². The van der Waals surface area contributed by atoms with E-state index >= 15 is 0 Å². The molecule has 29 heavy (non-hydrogen) atoms. The lowest BCUT2D eigenvalue weighted by molar-refractivity contribution is -0.384. The van der Waals surface area contributed by atoms with Crippen molar-refractivity contribution < 1.29 is 19.2 Å². The summed E-state index contributed by atoms with van der Waals surface area (Å²) >= 11 is 0. The SMILES string of the molecule is CC(C)CN(CC(C)C)C(=O)C1CCCCC1C(=O)Oc1ccc([N+](=O)[O-])cc1. The van der Waals surface area contributed by atoms with Gasteiger partial charge in [0, 0.05) is 25.2 Å². The van der Waals surface area contributed by atoms with Crippen molar-refractivity contribution in [2.24, 2.45) is 23.7 Å². The van der Waals surface area contributed by atoms with Gasteiger partial charge in [0.05, 0.1) is 16.8 Å². The second kappa shape index (κ2) is 10.4. The third kappa shape index (κ3) is 6.54. The molecule has 0 bridgehead atoms. The Morgan fingerprint density at radius 1 is 1.03 bits per heavy atom. The van der Waals surface area contributed by atoms with E-state index in [1.54, 1.807) is 0 Å². The number of hydrogen-bond acceptors (Lipinski definition) is 5. The van der Waals surface area contributed by atoms with E-state index in [2.05, 4.69) is 27.7 Å². The maximum Gasteiger partial charge on any atom is 0.315 e. The van der Waals surface area contributed by atoms with Gasteiger partial charge in [0.25, 0.3) is 5.69 Å². The molecule has 0 spiro atoms. The minimum Gasteiger partial charge on any atom is -0.426 e. The number of rotatable bonds is 8. The summed E-state index contributed by atoms with van der Waals surface area (Å²) in [5.74, 6) is -0.263. The molecule has 0 heterocycles. The van der Waals surface area contributed by atoms with Crippen LogP contribution in [0.15, 0.2) is 24.3 Å². The number of nitro benzene ring substituents is 1. The Morgan fingerprint density at radius 2 is 1.55 bits per heavy atom. The average molecular weight is 405 g/mol. The van der Waals surface area contributed by atoms with Gasteiger partial charge in [-0.2, -0.15) is 0 Å². The van der Waals surface area contributed by atoms with Crippen molar-refractivity contribution in [3.05, 3.63) is 34.4 Å². The quantitative estimate of drug-likeness (QED) is 0.276. The monoisotopic (exact) mass is 404 g/mol. The first-order chi connectivity index (χ1) is 13.7. The fraction of sp³-hybridized carbons (Fsp3) is 0.636. The molecule has 0 saturated heterocycles. The van der Waals surface area contributed by atoms with Crippen molar-refractivity contribution in [3.63, 3.8) is 0 Å². The van der Waals surface area contributed by atoms with Crippen molar-refractivity contribution >= 4 is 17.6 Å². The van der Waals surface area contributed by atoms with E-state index in [-0.39, 0.29) is 23.3 Å². The van der Waals surface area contributed by atoms with E-state index in [9.17, 15) is 19.7 Å². The smallest absolute Gasteiger partial charge is 0.315 e. The zero-order chi connectivity index (χ0) is 21.6. The van der Waals surface area contributed by atoms with Crippen LogP contribution in [0.5, 0.6) is 5.75 Å². The molecule has 2 unspecified atom stereocenters. The lowest BCUT2D eigenvalue weighted by Crippen LogP contribution is -2.46. The summed E-state index contributed by atoms with van der Waals surface area (Å²) in [6.07, 6.45) is 3.12. The number of benzene rings is 1. The summed E-state index contributed by atoms with van der Waals surface area (Å²) in [6.45, 7) is 9.70. The van der Waals surface area contributed by atoms with Gasteiger partial charge in [-0.15, -0.1) is 0 Å². The highest BCUT2D eigenvalue weighted by molar-refractivity contribution is 5.86. The van der Waals surface area contributed by atoms with E-state index in [0.717, 1.165) is 12.8 Å². The number of nitro groups is 1. The van der Waals surface area contributed by atoms with Crippen LogP contribution in [0.25, 0.3) is 0 Å². The van der Waals surface area contributed by atoms with Gasteiger partial charge >= 0.3 is 5.97 Å². The molecule has 1 aliphatic rings. The van der Waals surface area contributed by atoms with E-state index < -0.39 is 16.8 Å². The summed E-state index contributed by atoms with van der Waals surface area (Å²) in [5, 5.41) is 10.8. The fourth-order valence-corrected chi connectivity index (χ4v) is 3.91. The molecule has 1 aromatic rings. The fourth-order valence-electron chi connectivity index (χ4n) is 3.91. The van der Waals surface area contributed by atoms with Gasteiger partial charge in [-0.25, -0.2) is 0 Å². The summed E-state index contributed by atoms with van der Waals surface area (Å²) < 4.78 is 5.48. The molecule has 1 aromatic carbocycles. The minimum atomic E-state index is -0.501. The average Bonchev–Trinajstić information content (AvgIpc) is 2.66. The lowest BCUT2D eigenvalue weighted by atomic mass is 9.78. The number of amides is 1. The molecule has 160 valence electrons. The second-order valence-corrected chi connectivity index (χ2v) is 8.70. The molecule has 1 saturated carbocycles. The van der Waals surface area contributed by atoms with Gasteiger partial charge in [0.2, 0.25) is 5.91 Å². The van der Waals surface area contributed by atoms with E-state index in [0.29, 0.717) is 37.8 Å². The Hall–Kier alpha value is -2.44. The van der Waals surface area contributed by atoms with Crippen LogP contribution in [0, 0.1) is 33.8 Å². The Balaban J connectivity index is 2.13. The molecule has 2 atom stereocenters. The summed E-state index contributed by atoms with van der Waals surface area (Å²) in [4.78, 5) is 38.3. The molecule has 7 heteroatoms. The first kappa shape index (κ1) is 22.8. The Labute approximate surface area is 172 Å². The van der Waals surface area contributed by atoms with Crippen molar-refractivity contribution in [1.29, 1.82) is 0 Å². The number of esters is 1. The molecule has 0 N–H and O–H groups in total. The van der Waals surface area contributed by atoms with Gasteiger partial charge < -0.3 is 9.64 Å². The normalized spacial score (nSPS) is 19.2. The van der Waals surface area contributed by atoms with Crippen molar-refractivity contribution in [3.8, 4) is 5.75 Å². The first-order valence-electron chi connectivity index (χ1n) is 10.4.